The molecule has 3 N–H and O–H groups in total. The molecule has 1 aromatic carbocycles. The molecule has 0 amide bonds. The van der Waals surface area contributed by atoms with Crippen LogP contribution >= 0.6 is 25.0 Å². The molecule has 1 rings (SSSR count). The minimum Gasteiger partial charge on any atom is -0.370 e. The van der Waals surface area contributed by atoms with Crippen LogP contribution in [0.15, 0.2) is 35.3 Å². The maximum Gasteiger partial charge on any atom is 0.193 e. The number of guanidine groups is 1. The molecule has 0 atom stereocenters. The summed E-state index contributed by atoms with van der Waals surface area (Å²) < 4.78 is 0. The number of nitrogens with two attached hydrogens (primary N) is 1. The summed E-state index contributed by atoms with van der Waals surface area (Å²) in [6.07, 6.45) is 0. The van der Waals surface area contributed by atoms with Crippen LogP contribution in [0.25, 0.3) is 0 Å². The first-order chi connectivity index (χ1) is 6.33. The van der Waals surface area contributed by atoms with Gasteiger partial charge in [-0.15, -0.1) is 12.4 Å². The normalized spacial score (nSPS) is 10.5. The first kappa shape index (κ1) is 13.1. The third-order valence-corrected chi connectivity index (χ3v) is 1.63. The van der Waals surface area contributed by atoms with E-state index in [0.29, 0.717) is 18.3 Å². The average Bonchev–Trinajstić information content (AvgIpc) is 2.16. The number of hydrogen-bond donors (Lipinski definition) is 3. The van der Waals surface area contributed by atoms with Gasteiger partial charge in [0.05, 0.1) is 6.54 Å². The van der Waals surface area contributed by atoms with Crippen LogP contribution in [0.5, 0.6) is 0 Å². The Hall–Kier alpha value is -0.870. The van der Waals surface area contributed by atoms with Crippen LogP contribution in [-0.4, -0.2) is 18.3 Å². The molecule has 5 heteroatoms. The zero-order chi connectivity index (χ0) is 9.52. The van der Waals surface area contributed by atoms with Gasteiger partial charge in [-0.1, -0.05) is 18.2 Å². The third-order valence-electron chi connectivity index (χ3n) is 1.43. The zero-order valence-corrected chi connectivity index (χ0v) is 9.39. The van der Waals surface area contributed by atoms with Crippen molar-refractivity contribution in [3.63, 3.8) is 0 Å². The molecule has 0 unspecified atom stereocenters. The molecule has 0 aliphatic rings. The van der Waals surface area contributed by atoms with Gasteiger partial charge in [-0.25, -0.2) is 0 Å². The molecule has 0 spiro atoms. The predicted molar refractivity (Wildman–Crippen MR) is 67.7 cm³/mol. The maximum absolute atomic E-state index is 5.60. The standard InChI is InChI=1S/C9H13N3S.ClH/c10-9(11-6-7-13)12-8-4-2-1-3-5-8;/h1-5,13H,6-7H2,(H3,10,11,12);1H. The monoisotopic (exact) mass is 231 g/mol. The maximum atomic E-state index is 5.60. The van der Waals surface area contributed by atoms with Crippen LogP contribution in [0.3, 0.4) is 0 Å². The molecule has 0 aliphatic heterocycles. The largest absolute Gasteiger partial charge is 0.370 e. The van der Waals surface area contributed by atoms with E-state index >= 15 is 0 Å². The summed E-state index contributed by atoms with van der Waals surface area (Å²) in [7, 11) is 0. The van der Waals surface area contributed by atoms with Gasteiger partial charge < -0.3 is 11.1 Å². The molecule has 0 heterocycles. The number of para-hydroxylation sites is 1. The lowest BCUT2D eigenvalue weighted by atomic mass is 10.3. The van der Waals surface area contributed by atoms with Crippen molar-refractivity contribution in [1.82, 2.24) is 0 Å². The van der Waals surface area contributed by atoms with Crippen molar-refractivity contribution in [2.24, 2.45) is 10.7 Å². The Morgan fingerprint density at radius 2 is 2.00 bits per heavy atom. The fourth-order valence-electron chi connectivity index (χ4n) is 0.879. The summed E-state index contributed by atoms with van der Waals surface area (Å²) in [5.74, 6) is 1.14. The Bertz CT molecular complexity index is 277. The Morgan fingerprint density at radius 1 is 1.36 bits per heavy atom. The number of thiol groups is 1. The second-order valence-electron chi connectivity index (χ2n) is 2.48. The van der Waals surface area contributed by atoms with E-state index in [4.69, 9.17) is 5.73 Å². The van der Waals surface area contributed by atoms with Crippen molar-refractivity contribution in [2.45, 2.75) is 0 Å². The number of anilines is 1. The number of rotatable bonds is 3. The first-order valence-corrected chi connectivity index (χ1v) is 4.69. The molecule has 0 aromatic heterocycles. The summed E-state index contributed by atoms with van der Waals surface area (Å²) in [5.41, 5.74) is 6.54. The number of nitrogens with one attached hydrogen (secondary N) is 1. The van der Waals surface area contributed by atoms with Gasteiger partial charge in [0.1, 0.15) is 0 Å². The summed E-state index contributed by atoms with van der Waals surface area (Å²) >= 11 is 4.03. The van der Waals surface area contributed by atoms with Crippen molar-refractivity contribution in [3.05, 3.63) is 30.3 Å². The minimum atomic E-state index is 0. The fraction of sp³-hybridized carbons (Fsp3) is 0.222. The Kier molecular flexibility index (Phi) is 7.06. The Morgan fingerprint density at radius 3 is 2.57 bits per heavy atom. The van der Waals surface area contributed by atoms with Crippen LogP contribution in [0.1, 0.15) is 0 Å². The van der Waals surface area contributed by atoms with E-state index in [1.54, 1.807) is 0 Å². The molecule has 1 aromatic rings. The second-order valence-corrected chi connectivity index (χ2v) is 2.93. The second kappa shape index (κ2) is 7.53. The number of benzene rings is 1. The van der Waals surface area contributed by atoms with Crippen LogP contribution in [0.2, 0.25) is 0 Å². The highest BCUT2D eigenvalue weighted by Crippen LogP contribution is 2.03. The van der Waals surface area contributed by atoms with Gasteiger partial charge in [-0.3, -0.25) is 4.99 Å². The van der Waals surface area contributed by atoms with Gasteiger partial charge in [0, 0.05) is 11.4 Å². The Balaban J connectivity index is 0.00000169. The highest BCUT2D eigenvalue weighted by Gasteiger charge is 1.91. The molecule has 0 saturated carbocycles. The number of hydrogen-bond acceptors (Lipinski definition) is 2. The van der Waals surface area contributed by atoms with Gasteiger partial charge in [0.15, 0.2) is 5.96 Å². The van der Waals surface area contributed by atoms with Crippen LogP contribution in [0.4, 0.5) is 5.69 Å². The molecule has 0 saturated heterocycles. The lowest BCUT2D eigenvalue weighted by molar-refractivity contribution is 1.14. The van der Waals surface area contributed by atoms with Crippen LogP contribution in [0, 0.1) is 0 Å². The average molecular weight is 232 g/mol. The number of halogens is 1. The molecule has 0 aliphatic carbocycles. The third kappa shape index (κ3) is 4.99. The minimum absolute atomic E-state index is 0. The smallest absolute Gasteiger partial charge is 0.193 e. The van der Waals surface area contributed by atoms with E-state index in [9.17, 15) is 0 Å². The van der Waals surface area contributed by atoms with Crippen molar-refractivity contribution in [2.75, 3.05) is 17.6 Å². The van der Waals surface area contributed by atoms with E-state index in [0.717, 1.165) is 5.69 Å². The predicted octanol–water partition coefficient (Wildman–Crippen LogP) is 1.76. The lowest BCUT2D eigenvalue weighted by Gasteiger charge is -2.03. The summed E-state index contributed by atoms with van der Waals surface area (Å²) in [6, 6.07) is 9.70. The van der Waals surface area contributed by atoms with Gasteiger partial charge in [0.2, 0.25) is 0 Å². The van der Waals surface area contributed by atoms with Gasteiger partial charge in [0.25, 0.3) is 0 Å². The molecular weight excluding hydrogens is 218 g/mol. The molecule has 0 radical (unpaired) electrons. The van der Waals surface area contributed by atoms with E-state index in [-0.39, 0.29) is 12.4 Å². The van der Waals surface area contributed by atoms with E-state index in [1.165, 1.54) is 0 Å². The van der Waals surface area contributed by atoms with E-state index < -0.39 is 0 Å². The number of nitrogens with zero attached hydrogens (tertiary/aromatic N) is 1. The van der Waals surface area contributed by atoms with Crippen molar-refractivity contribution < 1.29 is 0 Å². The van der Waals surface area contributed by atoms with Crippen molar-refractivity contribution in [3.8, 4) is 0 Å². The molecule has 14 heavy (non-hydrogen) atoms. The van der Waals surface area contributed by atoms with Crippen molar-refractivity contribution >= 4 is 36.7 Å². The van der Waals surface area contributed by atoms with Gasteiger partial charge in [-0.2, -0.15) is 12.6 Å². The zero-order valence-electron chi connectivity index (χ0n) is 7.68. The molecule has 0 fully saturated rings. The highest BCUT2D eigenvalue weighted by atomic mass is 35.5. The van der Waals surface area contributed by atoms with Gasteiger partial charge >= 0.3 is 0 Å². The molecule has 78 valence electrons. The molecular formula is C9H14ClN3S. The van der Waals surface area contributed by atoms with Gasteiger partial charge in [-0.05, 0) is 12.1 Å². The summed E-state index contributed by atoms with van der Waals surface area (Å²) in [6.45, 7) is 0.634. The fourth-order valence-corrected chi connectivity index (χ4v) is 0.979. The number of aliphatic imine (C=N–C) groups is 1. The van der Waals surface area contributed by atoms with E-state index in [2.05, 4.69) is 22.9 Å². The topological polar surface area (TPSA) is 50.4 Å². The summed E-state index contributed by atoms with van der Waals surface area (Å²) in [5, 5.41) is 2.97. The Labute approximate surface area is 95.6 Å². The highest BCUT2D eigenvalue weighted by molar-refractivity contribution is 7.80. The van der Waals surface area contributed by atoms with Crippen LogP contribution in [-0.2, 0) is 0 Å². The lowest BCUT2D eigenvalue weighted by Crippen LogP contribution is -2.22. The van der Waals surface area contributed by atoms with Crippen molar-refractivity contribution in [1.29, 1.82) is 0 Å². The van der Waals surface area contributed by atoms with E-state index in [1.807, 2.05) is 30.3 Å². The van der Waals surface area contributed by atoms with Crippen LogP contribution < -0.4 is 11.1 Å². The quantitative estimate of drug-likeness (QED) is 0.422. The summed E-state index contributed by atoms with van der Waals surface area (Å²) in [4.78, 5) is 4.04. The molecule has 0 bridgehead atoms. The molecule has 3 nitrogen and oxygen atoms in total. The SMILES string of the molecule is Cl.NC(=NCCS)Nc1ccccc1. The first-order valence-electron chi connectivity index (χ1n) is 4.06.